The Labute approximate surface area is 260 Å². The summed E-state index contributed by atoms with van der Waals surface area (Å²) < 4.78 is 35.3. The maximum absolute atomic E-state index is 13.9. The number of pyridine rings is 1. The molecule has 2 aromatic heterocycles. The predicted octanol–water partition coefficient (Wildman–Crippen LogP) is 3.75. The second-order valence-electron chi connectivity index (χ2n) is 10.5. The lowest BCUT2D eigenvalue weighted by Crippen LogP contribution is -2.42. The van der Waals surface area contributed by atoms with Crippen molar-refractivity contribution >= 4 is 27.9 Å². The summed E-state index contributed by atoms with van der Waals surface area (Å²) in [4.78, 5) is 32.3. The molecule has 0 spiro atoms. The fourth-order valence-electron chi connectivity index (χ4n) is 5.27. The lowest BCUT2D eigenvalue weighted by atomic mass is 9.93. The highest BCUT2D eigenvalue weighted by Crippen LogP contribution is 2.33. The summed E-state index contributed by atoms with van der Waals surface area (Å²) in [5.74, 6) is -1.25. The van der Waals surface area contributed by atoms with Crippen molar-refractivity contribution in [1.29, 1.82) is 5.26 Å². The average Bonchev–Trinajstić information content (AvgIpc) is 3.51. The number of amides is 2. The number of carbonyl (C=O) groups excluding carboxylic acids is 2. The fourth-order valence-corrected chi connectivity index (χ4v) is 6.73. The van der Waals surface area contributed by atoms with E-state index in [9.17, 15) is 23.3 Å². The Morgan fingerprint density at radius 1 is 1.00 bits per heavy atom. The van der Waals surface area contributed by atoms with Crippen LogP contribution in [0.1, 0.15) is 18.1 Å². The topological polar surface area (TPSA) is 138 Å². The number of hydrogen-bond acceptors (Lipinski definition) is 8. The number of benzene rings is 2. The highest BCUT2D eigenvalue weighted by atomic mass is 32.2. The molecule has 226 valence electrons. The molecule has 2 aliphatic heterocycles. The van der Waals surface area contributed by atoms with Gasteiger partial charge in [0.25, 0.3) is 11.8 Å². The number of nitrogens with zero attached hydrogens (tertiary/aromatic N) is 6. The number of nitriles is 1. The molecule has 0 N–H and O–H groups in total. The van der Waals surface area contributed by atoms with Gasteiger partial charge in [0.15, 0.2) is 0 Å². The largest absolute Gasteiger partial charge is 0.379 e. The molecule has 2 amide bonds. The third kappa shape index (κ3) is 5.84. The van der Waals surface area contributed by atoms with Gasteiger partial charge in [-0.25, -0.2) is 13.1 Å². The Balaban J connectivity index is 1.48. The van der Waals surface area contributed by atoms with Crippen molar-refractivity contribution < 1.29 is 22.7 Å². The lowest BCUT2D eigenvalue weighted by molar-refractivity contribution is -0.141. The molecular weight excluding hydrogens is 592 g/mol. The molecule has 0 bridgehead atoms. The molecule has 1 fully saturated rings. The third-order valence-electron chi connectivity index (χ3n) is 7.67. The predicted molar refractivity (Wildman–Crippen MR) is 165 cm³/mol. The summed E-state index contributed by atoms with van der Waals surface area (Å²) in [5.41, 5.74) is 3.06. The molecule has 45 heavy (non-hydrogen) atoms. The Kier molecular flexibility index (Phi) is 8.23. The van der Waals surface area contributed by atoms with E-state index >= 15 is 0 Å². The standard InChI is InChI=1S/C33H28N6O5S/c1-23-29(32(40)38(33(41)30(23)19-34)21-24-7-6-12-35-20-24)18-26-22-39(27-9-3-2-4-10-27)36-31(26)25-8-5-11-28(17-25)45(42,43)37-13-15-44-16-14-37/h2-12,17-18,20,22H,13-16,21H2,1H3/b29-18+. The molecule has 2 aromatic carbocycles. The molecular formula is C33H28N6O5S. The quantitative estimate of drug-likeness (QED) is 0.225. The van der Waals surface area contributed by atoms with Crippen LogP contribution in [0.15, 0.2) is 107 Å². The number of ether oxygens (including phenoxy) is 1. The van der Waals surface area contributed by atoms with Crippen LogP contribution in [0.3, 0.4) is 0 Å². The molecule has 2 aliphatic rings. The maximum atomic E-state index is 13.9. The van der Waals surface area contributed by atoms with E-state index in [1.54, 1.807) is 72.7 Å². The number of carbonyl (C=O) groups is 2. The van der Waals surface area contributed by atoms with Gasteiger partial charge in [0, 0.05) is 48.4 Å². The van der Waals surface area contributed by atoms with Gasteiger partial charge < -0.3 is 4.74 Å². The van der Waals surface area contributed by atoms with E-state index < -0.39 is 21.8 Å². The highest BCUT2D eigenvalue weighted by Gasteiger charge is 2.36. The first-order valence-electron chi connectivity index (χ1n) is 14.2. The van der Waals surface area contributed by atoms with Crippen molar-refractivity contribution in [3.05, 3.63) is 113 Å². The molecule has 0 saturated carbocycles. The van der Waals surface area contributed by atoms with Crippen LogP contribution in [0.25, 0.3) is 23.0 Å². The van der Waals surface area contributed by atoms with Gasteiger partial charge in [-0.1, -0.05) is 36.4 Å². The lowest BCUT2D eigenvalue weighted by Gasteiger charge is -2.27. The second-order valence-corrected chi connectivity index (χ2v) is 12.4. The minimum absolute atomic E-state index is 0.0567. The third-order valence-corrected chi connectivity index (χ3v) is 9.56. The number of hydrogen-bond donors (Lipinski definition) is 0. The van der Waals surface area contributed by atoms with Crippen LogP contribution < -0.4 is 0 Å². The fraction of sp³-hybridized carbons (Fsp3) is 0.182. The number of para-hydroxylation sites is 1. The average molecular weight is 621 g/mol. The van der Waals surface area contributed by atoms with Crippen LogP contribution in [0, 0.1) is 11.3 Å². The molecule has 6 rings (SSSR count). The van der Waals surface area contributed by atoms with Crippen LogP contribution >= 0.6 is 0 Å². The van der Waals surface area contributed by atoms with Gasteiger partial charge in [0.2, 0.25) is 10.0 Å². The molecule has 1 saturated heterocycles. The smallest absolute Gasteiger partial charge is 0.271 e. The zero-order valence-electron chi connectivity index (χ0n) is 24.3. The molecule has 4 aromatic rings. The Bertz CT molecular complexity index is 1990. The summed E-state index contributed by atoms with van der Waals surface area (Å²) in [6.45, 7) is 2.68. The van der Waals surface area contributed by atoms with E-state index in [1.807, 2.05) is 36.4 Å². The normalized spacial score (nSPS) is 17.2. The van der Waals surface area contributed by atoms with Gasteiger partial charge in [0.05, 0.1) is 30.3 Å². The zero-order chi connectivity index (χ0) is 31.6. The molecule has 0 atom stereocenters. The van der Waals surface area contributed by atoms with E-state index in [2.05, 4.69) is 4.98 Å². The zero-order valence-corrected chi connectivity index (χ0v) is 25.1. The van der Waals surface area contributed by atoms with Gasteiger partial charge in [-0.05, 0) is 54.5 Å². The van der Waals surface area contributed by atoms with Crippen LogP contribution in [0.5, 0.6) is 0 Å². The minimum Gasteiger partial charge on any atom is -0.379 e. The van der Waals surface area contributed by atoms with Crippen molar-refractivity contribution in [2.24, 2.45) is 0 Å². The Morgan fingerprint density at radius 2 is 1.78 bits per heavy atom. The molecule has 0 aliphatic carbocycles. The minimum atomic E-state index is -3.79. The molecule has 0 unspecified atom stereocenters. The summed E-state index contributed by atoms with van der Waals surface area (Å²) in [6, 6.07) is 21.3. The maximum Gasteiger partial charge on any atom is 0.271 e. The number of sulfonamides is 1. The van der Waals surface area contributed by atoms with Crippen LogP contribution in [-0.2, 0) is 30.9 Å². The van der Waals surface area contributed by atoms with Crippen molar-refractivity contribution in [3.63, 3.8) is 0 Å². The molecule has 11 nitrogen and oxygen atoms in total. The molecule has 12 heteroatoms. The summed E-state index contributed by atoms with van der Waals surface area (Å²) in [6.07, 6.45) is 6.48. The van der Waals surface area contributed by atoms with Crippen molar-refractivity contribution in [2.45, 2.75) is 18.4 Å². The van der Waals surface area contributed by atoms with Gasteiger partial charge in [-0.15, -0.1) is 0 Å². The first-order valence-corrected chi connectivity index (χ1v) is 15.6. The number of aromatic nitrogens is 3. The number of morpholine rings is 1. The van der Waals surface area contributed by atoms with Crippen LogP contribution in [-0.4, -0.2) is 70.5 Å². The van der Waals surface area contributed by atoms with Gasteiger partial charge in [0.1, 0.15) is 17.3 Å². The van der Waals surface area contributed by atoms with Crippen LogP contribution in [0.4, 0.5) is 0 Å². The second kappa shape index (κ2) is 12.4. The summed E-state index contributed by atoms with van der Waals surface area (Å²) in [5, 5.41) is 14.7. The molecule has 4 heterocycles. The van der Waals surface area contributed by atoms with Gasteiger partial charge >= 0.3 is 0 Å². The number of rotatable bonds is 7. The Hall–Kier alpha value is -5.22. The van der Waals surface area contributed by atoms with Gasteiger partial charge in [-0.3, -0.25) is 19.5 Å². The summed E-state index contributed by atoms with van der Waals surface area (Å²) in [7, 11) is -3.79. The summed E-state index contributed by atoms with van der Waals surface area (Å²) >= 11 is 0. The van der Waals surface area contributed by atoms with E-state index in [0.717, 1.165) is 10.6 Å². The highest BCUT2D eigenvalue weighted by molar-refractivity contribution is 7.89. The van der Waals surface area contributed by atoms with Crippen molar-refractivity contribution in [2.75, 3.05) is 26.3 Å². The first-order chi connectivity index (χ1) is 21.8. The Morgan fingerprint density at radius 3 is 2.49 bits per heavy atom. The van der Waals surface area contributed by atoms with E-state index in [0.29, 0.717) is 35.6 Å². The van der Waals surface area contributed by atoms with E-state index in [4.69, 9.17) is 9.84 Å². The number of imide groups is 1. The first kappa shape index (κ1) is 29.8. The SMILES string of the molecule is CC1=C(C#N)C(=O)N(Cc2cccnc2)C(=O)/C1=C/c1cn(-c2ccccc2)nc1-c1cccc(S(=O)(=O)N2CCOCC2)c1. The van der Waals surface area contributed by atoms with Crippen molar-refractivity contribution in [1.82, 2.24) is 24.0 Å². The van der Waals surface area contributed by atoms with Crippen molar-refractivity contribution in [3.8, 4) is 23.0 Å². The van der Waals surface area contributed by atoms with E-state index in [1.165, 1.54) is 4.31 Å². The van der Waals surface area contributed by atoms with E-state index in [-0.39, 0.29) is 41.2 Å². The van der Waals surface area contributed by atoms with Gasteiger partial charge in [-0.2, -0.15) is 14.7 Å². The molecule has 0 radical (unpaired) electrons. The monoisotopic (exact) mass is 620 g/mol. The van der Waals surface area contributed by atoms with Crippen LogP contribution in [0.2, 0.25) is 0 Å².